The van der Waals surface area contributed by atoms with Crippen LogP contribution in [0.5, 0.6) is 0 Å². The van der Waals surface area contributed by atoms with Gasteiger partial charge in [0, 0.05) is 29.4 Å². The zero-order valence-electron chi connectivity index (χ0n) is 13.9. The number of carbonyl (C=O) groups is 1. The Kier molecular flexibility index (Phi) is 4.44. The summed E-state index contributed by atoms with van der Waals surface area (Å²) < 4.78 is 0. The maximum atomic E-state index is 11.5. The Morgan fingerprint density at radius 1 is 1.33 bits per heavy atom. The zero-order valence-corrected chi connectivity index (χ0v) is 14.7. The fraction of sp³-hybridized carbons (Fsp3) is 0.294. The van der Waals surface area contributed by atoms with Gasteiger partial charge in [-0.05, 0) is 38.5 Å². The molecule has 3 rings (SSSR count). The molecule has 0 atom stereocenters. The molecule has 1 amide bonds. The molecule has 24 heavy (non-hydrogen) atoms. The van der Waals surface area contributed by atoms with Crippen LogP contribution in [0.15, 0.2) is 24.5 Å². The van der Waals surface area contributed by atoms with Crippen molar-refractivity contribution in [2.45, 2.75) is 20.8 Å². The predicted octanol–water partition coefficient (Wildman–Crippen LogP) is 2.68. The summed E-state index contributed by atoms with van der Waals surface area (Å²) in [6, 6.07) is 3.78. The van der Waals surface area contributed by atoms with Crippen molar-refractivity contribution in [3.63, 3.8) is 0 Å². The Labute approximate surface area is 144 Å². The van der Waals surface area contributed by atoms with Gasteiger partial charge in [-0.3, -0.25) is 9.78 Å². The number of nitrogens with zero attached hydrogens (tertiary/aromatic N) is 4. The maximum Gasteiger partial charge on any atom is 0.236 e. The first-order valence-corrected chi connectivity index (χ1v) is 8.54. The number of thiophene rings is 1. The van der Waals surface area contributed by atoms with Crippen LogP contribution in [0.25, 0.3) is 21.6 Å². The first kappa shape index (κ1) is 16.3. The van der Waals surface area contributed by atoms with Crippen LogP contribution in [0.2, 0.25) is 0 Å². The molecule has 2 N–H and O–H groups in total. The highest BCUT2D eigenvalue weighted by Gasteiger charge is 2.20. The molecule has 6 nitrogen and oxygen atoms in total. The molecular formula is C17H19N5OS. The van der Waals surface area contributed by atoms with Crippen molar-refractivity contribution < 1.29 is 4.79 Å². The Morgan fingerprint density at radius 3 is 2.75 bits per heavy atom. The van der Waals surface area contributed by atoms with Crippen LogP contribution in [0.4, 0.5) is 5.82 Å². The SMILES string of the molecule is CCN(CC(N)=O)c1nc(-c2cccnc2)nc2sc(C)c(C)c12. The van der Waals surface area contributed by atoms with Crippen molar-refractivity contribution >= 4 is 33.3 Å². The molecule has 0 unspecified atom stereocenters. The third-order valence-electron chi connectivity index (χ3n) is 3.96. The zero-order chi connectivity index (χ0) is 17.3. The van der Waals surface area contributed by atoms with Crippen molar-refractivity contribution in [3.05, 3.63) is 35.0 Å². The van der Waals surface area contributed by atoms with Gasteiger partial charge >= 0.3 is 0 Å². The van der Waals surface area contributed by atoms with E-state index in [2.05, 4.69) is 18.8 Å². The second-order valence-electron chi connectivity index (χ2n) is 5.56. The average molecular weight is 341 g/mol. The molecule has 3 aromatic rings. The summed E-state index contributed by atoms with van der Waals surface area (Å²) in [6.45, 7) is 6.87. The largest absolute Gasteiger partial charge is 0.368 e. The van der Waals surface area contributed by atoms with E-state index in [0.29, 0.717) is 12.4 Å². The van der Waals surface area contributed by atoms with Crippen molar-refractivity contribution in [2.75, 3.05) is 18.0 Å². The topological polar surface area (TPSA) is 85.0 Å². The van der Waals surface area contributed by atoms with Gasteiger partial charge in [0.15, 0.2) is 5.82 Å². The van der Waals surface area contributed by atoms with E-state index in [9.17, 15) is 4.79 Å². The molecule has 3 heterocycles. The molecule has 3 aromatic heterocycles. The summed E-state index contributed by atoms with van der Waals surface area (Å²) in [7, 11) is 0. The van der Waals surface area contributed by atoms with Crippen LogP contribution < -0.4 is 10.6 Å². The number of rotatable bonds is 5. The van der Waals surface area contributed by atoms with Gasteiger partial charge in [0.1, 0.15) is 10.6 Å². The number of hydrogen-bond donors (Lipinski definition) is 1. The lowest BCUT2D eigenvalue weighted by Gasteiger charge is -2.22. The number of nitrogens with two attached hydrogens (primary N) is 1. The molecule has 0 radical (unpaired) electrons. The number of pyridine rings is 1. The second kappa shape index (κ2) is 6.52. The van der Waals surface area contributed by atoms with E-state index in [4.69, 9.17) is 15.7 Å². The van der Waals surface area contributed by atoms with Crippen molar-refractivity contribution in [1.82, 2.24) is 15.0 Å². The Morgan fingerprint density at radius 2 is 2.12 bits per heavy atom. The minimum atomic E-state index is -0.379. The lowest BCUT2D eigenvalue weighted by molar-refractivity contribution is -0.116. The number of carbonyl (C=O) groups excluding carboxylic acids is 1. The summed E-state index contributed by atoms with van der Waals surface area (Å²) >= 11 is 1.63. The smallest absolute Gasteiger partial charge is 0.236 e. The summed E-state index contributed by atoms with van der Waals surface area (Å²) in [6.07, 6.45) is 3.45. The summed E-state index contributed by atoms with van der Waals surface area (Å²) in [5.74, 6) is 0.980. The Balaban J connectivity index is 2.26. The lowest BCUT2D eigenvalue weighted by atomic mass is 10.2. The van der Waals surface area contributed by atoms with Gasteiger partial charge in [0.2, 0.25) is 5.91 Å². The molecule has 0 bridgehead atoms. The Hall–Kier alpha value is -2.54. The first-order valence-electron chi connectivity index (χ1n) is 7.72. The fourth-order valence-corrected chi connectivity index (χ4v) is 3.63. The quantitative estimate of drug-likeness (QED) is 0.771. The van der Waals surface area contributed by atoms with E-state index in [0.717, 1.165) is 27.2 Å². The average Bonchev–Trinajstić information content (AvgIpc) is 2.87. The minimum Gasteiger partial charge on any atom is -0.368 e. The van der Waals surface area contributed by atoms with Gasteiger partial charge in [0.05, 0.1) is 11.9 Å². The van der Waals surface area contributed by atoms with E-state index in [-0.39, 0.29) is 12.5 Å². The van der Waals surface area contributed by atoms with Crippen LogP contribution in [0, 0.1) is 13.8 Å². The first-order chi connectivity index (χ1) is 11.5. The molecule has 0 aliphatic carbocycles. The fourth-order valence-electron chi connectivity index (χ4n) is 2.61. The second-order valence-corrected chi connectivity index (χ2v) is 6.76. The molecule has 124 valence electrons. The van der Waals surface area contributed by atoms with Crippen molar-refractivity contribution in [1.29, 1.82) is 0 Å². The van der Waals surface area contributed by atoms with Gasteiger partial charge in [0.25, 0.3) is 0 Å². The summed E-state index contributed by atoms with van der Waals surface area (Å²) in [4.78, 5) is 29.0. The highest BCUT2D eigenvalue weighted by atomic mass is 32.1. The molecule has 0 saturated carbocycles. The number of likely N-dealkylation sites (N-methyl/N-ethyl adjacent to an activating group) is 1. The maximum absolute atomic E-state index is 11.5. The van der Waals surface area contributed by atoms with Gasteiger partial charge in [-0.25, -0.2) is 9.97 Å². The van der Waals surface area contributed by atoms with Crippen molar-refractivity contribution in [3.8, 4) is 11.4 Å². The number of hydrogen-bond acceptors (Lipinski definition) is 6. The molecule has 7 heteroatoms. The summed E-state index contributed by atoms with van der Waals surface area (Å²) in [5, 5.41) is 0.994. The molecule has 0 spiro atoms. The molecule has 0 fully saturated rings. The number of anilines is 1. The van der Waals surface area contributed by atoms with Gasteiger partial charge in [-0.15, -0.1) is 11.3 Å². The standard InChI is InChI=1S/C17H19N5OS/c1-4-22(9-13(18)23)16-14-10(2)11(3)24-17(14)21-15(20-16)12-6-5-7-19-8-12/h5-8H,4,9H2,1-3H3,(H2,18,23). The van der Waals surface area contributed by atoms with Gasteiger partial charge in [-0.1, -0.05) is 0 Å². The minimum absolute atomic E-state index is 0.128. The van der Waals surface area contributed by atoms with Crippen LogP contribution >= 0.6 is 11.3 Å². The third-order valence-corrected chi connectivity index (χ3v) is 5.06. The monoisotopic (exact) mass is 341 g/mol. The third kappa shape index (κ3) is 2.94. The number of fused-ring (bicyclic) bond motifs is 1. The number of amides is 1. The van der Waals surface area contributed by atoms with Crippen LogP contribution in [0.3, 0.4) is 0 Å². The molecule has 0 aromatic carbocycles. The Bertz CT molecular complexity index is 891. The number of aryl methyl sites for hydroxylation is 2. The number of aromatic nitrogens is 3. The van der Waals surface area contributed by atoms with E-state index in [1.165, 1.54) is 4.88 Å². The van der Waals surface area contributed by atoms with E-state index >= 15 is 0 Å². The van der Waals surface area contributed by atoms with Crippen LogP contribution in [-0.2, 0) is 4.79 Å². The van der Waals surface area contributed by atoms with Crippen LogP contribution in [-0.4, -0.2) is 33.9 Å². The van der Waals surface area contributed by atoms with E-state index < -0.39 is 0 Å². The highest BCUT2D eigenvalue weighted by Crippen LogP contribution is 2.36. The highest BCUT2D eigenvalue weighted by molar-refractivity contribution is 7.18. The predicted molar refractivity (Wildman–Crippen MR) is 97.2 cm³/mol. The van der Waals surface area contributed by atoms with E-state index in [1.807, 2.05) is 24.0 Å². The number of primary amides is 1. The van der Waals surface area contributed by atoms with Gasteiger partial charge < -0.3 is 10.6 Å². The molecular weight excluding hydrogens is 322 g/mol. The normalized spacial score (nSPS) is 11.0. The molecule has 0 aliphatic heterocycles. The molecule has 0 saturated heterocycles. The summed E-state index contributed by atoms with van der Waals surface area (Å²) in [5.41, 5.74) is 7.40. The lowest BCUT2D eigenvalue weighted by Crippen LogP contribution is -2.34. The van der Waals surface area contributed by atoms with Gasteiger partial charge in [-0.2, -0.15) is 0 Å². The molecule has 0 aliphatic rings. The van der Waals surface area contributed by atoms with Crippen LogP contribution in [0.1, 0.15) is 17.4 Å². The van der Waals surface area contributed by atoms with Crippen molar-refractivity contribution in [2.24, 2.45) is 5.73 Å². The van der Waals surface area contributed by atoms with E-state index in [1.54, 1.807) is 23.7 Å².